The van der Waals surface area contributed by atoms with Gasteiger partial charge in [0.1, 0.15) is 23.3 Å². The molecule has 0 bridgehead atoms. The third-order valence-electron chi connectivity index (χ3n) is 3.66. The van der Waals surface area contributed by atoms with Gasteiger partial charge in [-0.05, 0) is 12.8 Å². The van der Waals surface area contributed by atoms with Gasteiger partial charge in [-0.25, -0.2) is 9.97 Å². The molecule has 0 aromatic carbocycles. The van der Waals surface area contributed by atoms with Gasteiger partial charge >= 0.3 is 0 Å². The molecule has 2 aliphatic rings. The number of hydrogen-bond donors (Lipinski definition) is 2. The van der Waals surface area contributed by atoms with E-state index in [4.69, 9.17) is 16.3 Å². The van der Waals surface area contributed by atoms with Gasteiger partial charge in [-0.1, -0.05) is 11.6 Å². The number of carbonyl (C=O) groups excluding carboxylic acids is 1. The van der Waals surface area contributed by atoms with Crippen molar-refractivity contribution in [3.05, 3.63) is 17.0 Å². The number of halogens is 1. The van der Waals surface area contributed by atoms with E-state index >= 15 is 0 Å². The number of nitrogens with zero attached hydrogens (tertiary/aromatic N) is 3. The van der Waals surface area contributed by atoms with Gasteiger partial charge in [0.25, 0.3) is 0 Å². The van der Waals surface area contributed by atoms with Gasteiger partial charge in [-0.3, -0.25) is 4.79 Å². The number of anilines is 1. The quantitative estimate of drug-likeness (QED) is 0.767. The zero-order valence-electron chi connectivity index (χ0n) is 11.5. The average molecular weight is 313 g/mol. The van der Waals surface area contributed by atoms with Gasteiger partial charge in [0.15, 0.2) is 0 Å². The third kappa shape index (κ3) is 3.09. The number of nitrogens with one attached hydrogen (secondary N) is 1. The Morgan fingerprint density at radius 3 is 3.05 bits per heavy atom. The Hall–Kier alpha value is -1.44. The number of morpholine rings is 1. The zero-order valence-corrected chi connectivity index (χ0v) is 12.2. The molecule has 114 valence electrons. The lowest BCUT2D eigenvalue weighted by Crippen LogP contribution is -2.55. The molecule has 1 aliphatic carbocycles. The molecule has 8 heteroatoms. The van der Waals surface area contributed by atoms with Crippen molar-refractivity contribution < 1.29 is 14.6 Å². The van der Waals surface area contributed by atoms with E-state index in [0.29, 0.717) is 31.1 Å². The molecule has 3 rings (SSSR count). The lowest BCUT2D eigenvalue weighted by Gasteiger charge is -2.36. The standard InChI is InChI=1S/C13H17ClN4O3/c14-11-9(5-19)12(16-7-15-11)18-3-4-21-6-10(18)13(20)17-8-1-2-8/h7-8,10,19H,1-6H2,(H,17,20). The molecule has 2 fully saturated rings. The molecule has 2 heterocycles. The number of amides is 1. The van der Waals surface area contributed by atoms with Crippen LogP contribution in [-0.4, -0.2) is 52.8 Å². The van der Waals surface area contributed by atoms with Crippen LogP contribution in [0.4, 0.5) is 5.82 Å². The summed E-state index contributed by atoms with van der Waals surface area (Å²) in [7, 11) is 0. The molecule has 1 aromatic rings. The summed E-state index contributed by atoms with van der Waals surface area (Å²) in [5.74, 6) is 0.424. The van der Waals surface area contributed by atoms with Crippen molar-refractivity contribution in [2.75, 3.05) is 24.7 Å². The van der Waals surface area contributed by atoms with Gasteiger partial charge in [-0.15, -0.1) is 0 Å². The van der Waals surface area contributed by atoms with Crippen molar-refractivity contribution in [1.82, 2.24) is 15.3 Å². The van der Waals surface area contributed by atoms with E-state index in [-0.39, 0.29) is 23.7 Å². The Morgan fingerprint density at radius 2 is 2.33 bits per heavy atom. The van der Waals surface area contributed by atoms with Crippen molar-refractivity contribution in [3.63, 3.8) is 0 Å². The Kier molecular flexibility index (Phi) is 4.23. The predicted molar refractivity (Wildman–Crippen MR) is 76.1 cm³/mol. The fraction of sp³-hybridized carbons (Fsp3) is 0.615. The molecule has 1 saturated carbocycles. The van der Waals surface area contributed by atoms with E-state index in [0.717, 1.165) is 12.8 Å². The molecule has 1 aromatic heterocycles. The molecule has 2 N–H and O–H groups in total. The highest BCUT2D eigenvalue weighted by Gasteiger charge is 2.35. The van der Waals surface area contributed by atoms with Crippen LogP contribution in [-0.2, 0) is 16.1 Å². The van der Waals surface area contributed by atoms with Crippen molar-refractivity contribution in [3.8, 4) is 0 Å². The first kappa shape index (κ1) is 14.5. The van der Waals surface area contributed by atoms with Crippen LogP contribution in [0.5, 0.6) is 0 Å². The van der Waals surface area contributed by atoms with E-state index in [2.05, 4.69) is 15.3 Å². The fourth-order valence-electron chi connectivity index (χ4n) is 2.37. The molecule has 21 heavy (non-hydrogen) atoms. The smallest absolute Gasteiger partial charge is 0.245 e. The number of ether oxygens (including phenoxy) is 1. The summed E-state index contributed by atoms with van der Waals surface area (Å²) in [4.78, 5) is 22.2. The predicted octanol–water partition coefficient (Wildman–Crippen LogP) is 0.106. The van der Waals surface area contributed by atoms with Crippen molar-refractivity contribution in [1.29, 1.82) is 0 Å². The highest BCUT2D eigenvalue weighted by atomic mass is 35.5. The van der Waals surface area contributed by atoms with Gasteiger partial charge in [0.2, 0.25) is 5.91 Å². The molecule has 0 spiro atoms. The summed E-state index contributed by atoms with van der Waals surface area (Å²) in [5, 5.41) is 12.7. The second kappa shape index (κ2) is 6.13. The lowest BCUT2D eigenvalue weighted by molar-refractivity contribution is -0.124. The van der Waals surface area contributed by atoms with Crippen molar-refractivity contribution in [2.45, 2.75) is 31.5 Å². The van der Waals surface area contributed by atoms with E-state index in [1.807, 2.05) is 4.90 Å². The summed E-state index contributed by atoms with van der Waals surface area (Å²) in [5.41, 5.74) is 0.435. The van der Waals surface area contributed by atoms with E-state index in [9.17, 15) is 9.90 Å². The van der Waals surface area contributed by atoms with Gasteiger partial charge in [-0.2, -0.15) is 0 Å². The first-order valence-corrected chi connectivity index (χ1v) is 7.33. The Labute approximate surface area is 127 Å². The third-order valence-corrected chi connectivity index (χ3v) is 3.98. The van der Waals surface area contributed by atoms with Crippen LogP contribution in [0.15, 0.2) is 6.33 Å². The average Bonchev–Trinajstić information content (AvgIpc) is 3.31. The molecule has 1 atom stereocenters. The molecule has 1 amide bonds. The van der Waals surface area contributed by atoms with E-state index in [1.165, 1.54) is 6.33 Å². The summed E-state index contributed by atoms with van der Waals surface area (Å²) < 4.78 is 5.42. The number of rotatable bonds is 4. The monoisotopic (exact) mass is 312 g/mol. The Morgan fingerprint density at radius 1 is 1.52 bits per heavy atom. The van der Waals surface area contributed by atoms with E-state index < -0.39 is 6.04 Å². The minimum Gasteiger partial charge on any atom is -0.391 e. The molecule has 1 unspecified atom stereocenters. The van der Waals surface area contributed by atoms with Crippen LogP contribution in [0.3, 0.4) is 0 Å². The first-order chi connectivity index (χ1) is 10.2. The maximum Gasteiger partial charge on any atom is 0.245 e. The summed E-state index contributed by atoms with van der Waals surface area (Å²) >= 11 is 6.00. The summed E-state index contributed by atoms with van der Waals surface area (Å²) in [6, 6.07) is -0.178. The normalized spacial score (nSPS) is 22.2. The largest absolute Gasteiger partial charge is 0.391 e. The highest BCUT2D eigenvalue weighted by Crippen LogP contribution is 2.27. The Balaban J connectivity index is 1.86. The zero-order chi connectivity index (χ0) is 14.8. The van der Waals surface area contributed by atoms with Crippen LogP contribution in [0.2, 0.25) is 5.15 Å². The maximum atomic E-state index is 12.3. The number of aliphatic hydroxyl groups excluding tert-OH is 1. The SMILES string of the molecule is O=C(NC1CC1)C1COCCN1c1ncnc(Cl)c1CO. The van der Waals surface area contributed by atoms with Gasteiger partial charge < -0.3 is 20.1 Å². The molecule has 0 radical (unpaired) electrons. The molecule has 1 aliphatic heterocycles. The fourth-order valence-corrected chi connectivity index (χ4v) is 2.55. The summed E-state index contributed by atoms with van der Waals surface area (Å²) in [6.45, 7) is 1.04. The van der Waals surface area contributed by atoms with Gasteiger partial charge in [0, 0.05) is 12.6 Å². The second-order valence-corrected chi connectivity index (χ2v) is 5.55. The number of carbonyl (C=O) groups is 1. The summed E-state index contributed by atoms with van der Waals surface area (Å²) in [6.07, 6.45) is 3.39. The van der Waals surface area contributed by atoms with Crippen LogP contribution in [0, 0.1) is 0 Å². The first-order valence-electron chi connectivity index (χ1n) is 6.95. The lowest BCUT2D eigenvalue weighted by atomic mass is 10.1. The second-order valence-electron chi connectivity index (χ2n) is 5.19. The highest BCUT2D eigenvalue weighted by molar-refractivity contribution is 6.30. The van der Waals surface area contributed by atoms with Crippen LogP contribution >= 0.6 is 11.6 Å². The number of hydrogen-bond acceptors (Lipinski definition) is 6. The van der Waals surface area contributed by atoms with Gasteiger partial charge in [0.05, 0.1) is 25.4 Å². The van der Waals surface area contributed by atoms with Crippen LogP contribution in [0.25, 0.3) is 0 Å². The number of aliphatic hydroxyl groups is 1. The van der Waals surface area contributed by atoms with Crippen molar-refractivity contribution in [2.24, 2.45) is 0 Å². The minimum atomic E-state index is -0.462. The maximum absolute atomic E-state index is 12.3. The van der Waals surface area contributed by atoms with Crippen LogP contribution in [0.1, 0.15) is 18.4 Å². The van der Waals surface area contributed by atoms with Crippen molar-refractivity contribution >= 4 is 23.3 Å². The number of aromatic nitrogens is 2. The molecular formula is C13H17ClN4O3. The topological polar surface area (TPSA) is 87.6 Å². The molecular weight excluding hydrogens is 296 g/mol. The Bertz CT molecular complexity index is 538. The molecule has 7 nitrogen and oxygen atoms in total. The molecule has 1 saturated heterocycles. The van der Waals surface area contributed by atoms with E-state index in [1.54, 1.807) is 0 Å². The van der Waals surface area contributed by atoms with Crippen LogP contribution < -0.4 is 10.2 Å². The minimum absolute atomic E-state index is 0.0733.